The molecule has 1 heterocycles. The molecule has 4 fully saturated rings. The highest BCUT2D eigenvalue weighted by Gasteiger charge is 2.51. The Labute approximate surface area is 190 Å². The van der Waals surface area contributed by atoms with Crippen LogP contribution in [0, 0.1) is 34.5 Å². The molecular weight excluding hydrogens is 406 g/mol. The first-order chi connectivity index (χ1) is 14.7. The lowest BCUT2D eigenvalue weighted by molar-refractivity contribution is -0.124. The van der Waals surface area contributed by atoms with Crippen molar-refractivity contribution in [1.82, 2.24) is 0 Å². The van der Waals surface area contributed by atoms with Crippen LogP contribution in [-0.4, -0.2) is 19.0 Å². The number of anilines is 1. The zero-order valence-corrected chi connectivity index (χ0v) is 20.3. The van der Waals surface area contributed by atoms with Gasteiger partial charge in [-0.3, -0.25) is 4.79 Å². The molecule has 4 bridgehead atoms. The zero-order valence-electron chi connectivity index (χ0n) is 19.5. The van der Waals surface area contributed by atoms with Crippen molar-refractivity contribution in [2.75, 3.05) is 12.4 Å². The lowest BCUT2D eigenvalue weighted by Gasteiger charge is -2.56. The molecule has 1 amide bonds. The van der Waals surface area contributed by atoms with Crippen LogP contribution in [-0.2, 0) is 22.4 Å². The molecule has 5 aliphatic rings. The van der Waals surface area contributed by atoms with E-state index >= 15 is 0 Å². The Balaban J connectivity index is 1.36. The highest BCUT2D eigenvalue weighted by Crippen LogP contribution is 2.61. The maximum absolute atomic E-state index is 13.2. The van der Waals surface area contributed by atoms with Crippen molar-refractivity contribution in [2.45, 2.75) is 85.0 Å². The van der Waals surface area contributed by atoms with E-state index in [0.29, 0.717) is 17.9 Å². The number of amides is 1. The Morgan fingerprint density at radius 1 is 1.10 bits per heavy atom. The predicted molar refractivity (Wildman–Crippen MR) is 124 cm³/mol. The Kier molecular flexibility index (Phi) is 5.27. The fourth-order valence-corrected chi connectivity index (χ4v) is 9.08. The third-order valence-corrected chi connectivity index (χ3v) is 10.0. The van der Waals surface area contributed by atoms with Crippen LogP contribution in [0.25, 0.3) is 0 Å². The van der Waals surface area contributed by atoms with Crippen molar-refractivity contribution >= 4 is 28.2 Å². The molecule has 1 atom stereocenters. The number of carbonyl (C=O) groups excluding carboxylic acids is 2. The van der Waals surface area contributed by atoms with E-state index in [4.69, 9.17) is 4.74 Å². The van der Waals surface area contributed by atoms with Crippen LogP contribution in [0.15, 0.2) is 0 Å². The van der Waals surface area contributed by atoms with Gasteiger partial charge < -0.3 is 10.1 Å². The maximum Gasteiger partial charge on any atom is 0.341 e. The quantitative estimate of drug-likeness (QED) is 0.561. The highest BCUT2D eigenvalue weighted by atomic mass is 32.1. The Morgan fingerprint density at radius 2 is 1.71 bits per heavy atom. The van der Waals surface area contributed by atoms with Crippen LogP contribution in [0.4, 0.5) is 5.00 Å². The molecule has 0 aliphatic heterocycles. The molecule has 4 saturated carbocycles. The monoisotopic (exact) mass is 443 g/mol. The van der Waals surface area contributed by atoms with Gasteiger partial charge in [-0.1, -0.05) is 20.8 Å². The number of hydrogen-bond acceptors (Lipinski definition) is 4. The van der Waals surface area contributed by atoms with Gasteiger partial charge in [0.1, 0.15) is 5.00 Å². The number of methoxy groups -OCH3 is 1. The average molecular weight is 444 g/mol. The van der Waals surface area contributed by atoms with Gasteiger partial charge in [0.2, 0.25) is 5.91 Å². The minimum Gasteiger partial charge on any atom is -0.465 e. The van der Waals surface area contributed by atoms with E-state index in [0.717, 1.165) is 47.6 Å². The molecule has 6 rings (SSSR count). The third kappa shape index (κ3) is 3.96. The number of thiophene rings is 1. The van der Waals surface area contributed by atoms with Crippen molar-refractivity contribution in [3.8, 4) is 0 Å². The number of hydrogen-bond donors (Lipinski definition) is 1. The lowest BCUT2D eigenvalue weighted by atomic mass is 9.49. The fourth-order valence-electron chi connectivity index (χ4n) is 7.75. The topological polar surface area (TPSA) is 55.4 Å². The van der Waals surface area contributed by atoms with Crippen LogP contribution in [0.2, 0.25) is 0 Å². The van der Waals surface area contributed by atoms with E-state index in [2.05, 4.69) is 26.1 Å². The van der Waals surface area contributed by atoms with Gasteiger partial charge in [-0.05, 0) is 97.9 Å². The number of fused-ring (bicyclic) bond motifs is 1. The summed E-state index contributed by atoms with van der Waals surface area (Å²) in [4.78, 5) is 27.2. The number of rotatable bonds is 4. The molecule has 0 saturated heterocycles. The summed E-state index contributed by atoms with van der Waals surface area (Å²) in [5.41, 5.74) is 2.18. The second-order valence-corrected chi connectivity index (χ2v) is 13.3. The summed E-state index contributed by atoms with van der Waals surface area (Å²) in [5, 5.41) is 3.91. The molecule has 1 aromatic heterocycles. The number of carbonyl (C=O) groups is 2. The second-order valence-electron chi connectivity index (χ2n) is 12.1. The van der Waals surface area contributed by atoms with Gasteiger partial charge in [0.25, 0.3) is 0 Å². The van der Waals surface area contributed by atoms with Crippen LogP contribution in [0.1, 0.15) is 92.9 Å². The molecule has 5 heteroatoms. The molecule has 1 aromatic rings. The van der Waals surface area contributed by atoms with Crippen molar-refractivity contribution in [2.24, 2.45) is 34.5 Å². The molecule has 0 unspecified atom stereocenters. The average Bonchev–Trinajstić information content (AvgIpc) is 3.01. The summed E-state index contributed by atoms with van der Waals surface area (Å²) in [6.07, 6.45) is 11.4. The Bertz CT molecular complexity index is 858. The van der Waals surface area contributed by atoms with E-state index in [1.165, 1.54) is 50.5 Å². The van der Waals surface area contributed by atoms with Crippen molar-refractivity contribution < 1.29 is 14.3 Å². The minimum atomic E-state index is -0.309. The fraction of sp³-hybridized carbons (Fsp3) is 0.769. The summed E-state index contributed by atoms with van der Waals surface area (Å²) in [5.74, 6) is 2.91. The van der Waals surface area contributed by atoms with Crippen molar-refractivity contribution in [3.63, 3.8) is 0 Å². The van der Waals surface area contributed by atoms with Crippen molar-refractivity contribution in [3.05, 3.63) is 16.0 Å². The van der Waals surface area contributed by atoms with E-state index < -0.39 is 0 Å². The molecule has 4 nitrogen and oxygen atoms in total. The van der Waals surface area contributed by atoms with E-state index in [1.54, 1.807) is 11.3 Å². The lowest BCUT2D eigenvalue weighted by Crippen LogP contribution is -2.47. The van der Waals surface area contributed by atoms with E-state index in [1.807, 2.05) is 0 Å². The van der Waals surface area contributed by atoms with Crippen LogP contribution in [0.3, 0.4) is 0 Å². The minimum absolute atomic E-state index is 0.0954. The molecular formula is C26H37NO3S. The molecule has 1 N–H and O–H groups in total. The van der Waals surface area contributed by atoms with Crippen LogP contribution >= 0.6 is 11.3 Å². The summed E-state index contributed by atoms with van der Waals surface area (Å²) in [6, 6.07) is 0. The van der Waals surface area contributed by atoms with Gasteiger partial charge in [-0.25, -0.2) is 4.79 Å². The highest BCUT2D eigenvalue weighted by molar-refractivity contribution is 7.17. The first kappa shape index (κ1) is 21.5. The van der Waals surface area contributed by atoms with Gasteiger partial charge in [-0.15, -0.1) is 11.3 Å². The number of ether oxygens (including phenoxy) is 1. The summed E-state index contributed by atoms with van der Waals surface area (Å²) in [6.45, 7) is 6.89. The second kappa shape index (κ2) is 7.60. The van der Waals surface area contributed by atoms with Crippen molar-refractivity contribution in [1.29, 1.82) is 0 Å². The van der Waals surface area contributed by atoms with Gasteiger partial charge in [-0.2, -0.15) is 0 Å². The normalized spacial score (nSPS) is 33.8. The summed E-state index contributed by atoms with van der Waals surface area (Å²) >= 11 is 1.61. The van der Waals surface area contributed by atoms with E-state index in [-0.39, 0.29) is 22.7 Å². The molecule has 0 aromatic carbocycles. The molecule has 5 aliphatic carbocycles. The Hall–Kier alpha value is -1.36. The zero-order chi connectivity index (χ0) is 22.0. The van der Waals surface area contributed by atoms with Gasteiger partial charge in [0.05, 0.1) is 12.7 Å². The summed E-state index contributed by atoms with van der Waals surface area (Å²) < 4.78 is 5.13. The molecule has 0 radical (unpaired) electrons. The van der Waals surface area contributed by atoms with Gasteiger partial charge in [0, 0.05) is 11.3 Å². The van der Waals surface area contributed by atoms with Gasteiger partial charge in [0.15, 0.2) is 0 Å². The van der Waals surface area contributed by atoms with E-state index in [9.17, 15) is 9.59 Å². The number of esters is 1. The van der Waals surface area contributed by atoms with Crippen LogP contribution < -0.4 is 5.32 Å². The molecule has 170 valence electrons. The van der Waals surface area contributed by atoms with Gasteiger partial charge >= 0.3 is 5.97 Å². The first-order valence-electron chi connectivity index (χ1n) is 12.2. The molecule has 0 spiro atoms. The largest absolute Gasteiger partial charge is 0.465 e. The SMILES string of the molecule is COC(=O)c1c(NC(=O)CC23CC4CC(CC(C4)C2)C3)sc2c1CC[C@@H](C(C)(C)C)C2. The predicted octanol–water partition coefficient (Wildman–Crippen LogP) is 6.23. The molecule has 31 heavy (non-hydrogen) atoms. The number of nitrogens with one attached hydrogen (secondary N) is 1. The third-order valence-electron chi connectivity index (χ3n) is 8.83. The van der Waals surface area contributed by atoms with Crippen LogP contribution in [0.5, 0.6) is 0 Å². The first-order valence-corrected chi connectivity index (χ1v) is 13.0. The maximum atomic E-state index is 13.2. The summed E-state index contributed by atoms with van der Waals surface area (Å²) in [7, 11) is 1.44. The smallest absolute Gasteiger partial charge is 0.341 e. The Morgan fingerprint density at radius 3 is 2.26 bits per heavy atom. The standard InChI is InChI=1S/C26H37NO3S/c1-25(2,3)18-5-6-19-20(10-18)31-23(22(19)24(29)30-4)27-21(28)14-26-11-15-7-16(12-26)9-17(8-15)13-26/h15-18H,5-14H2,1-4H3,(H,27,28)/t15?,16?,17?,18-,26?/m1/s1.